The highest BCUT2D eigenvalue weighted by Gasteiger charge is 2.13. The maximum absolute atomic E-state index is 4.38. The Labute approximate surface area is 106 Å². The minimum Gasteiger partial charge on any atom is -0.367 e. The van der Waals surface area contributed by atoms with Gasteiger partial charge in [0.25, 0.3) is 0 Å². The van der Waals surface area contributed by atoms with Gasteiger partial charge in [-0.05, 0) is 39.0 Å². The molecule has 3 nitrogen and oxygen atoms in total. The first-order valence-electron chi connectivity index (χ1n) is 6.27. The minimum atomic E-state index is 0.425. The molecule has 0 unspecified atom stereocenters. The molecule has 3 aromatic rings. The standard InChI is InChI=1S/C15H17N3/c1-10(2)18-14-6-11(3)17-9-13(14)7-15(18)12-4-5-16-8-12/h4-10,16H,1-3H3. The molecule has 18 heavy (non-hydrogen) atoms. The zero-order valence-corrected chi connectivity index (χ0v) is 10.9. The highest BCUT2D eigenvalue weighted by Crippen LogP contribution is 2.31. The first-order valence-corrected chi connectivity index (χ1v) is 6.27. The Morgan fingerprint density at radius 3 is 2.78 bits per heavy atom. The number of aromatic amines is 1. The third kappa shape index (κ3) is 1.63. The summed E-state index contributed by atoms with van der Waals surface area (Å²) in [6.45, 7) is 6.46. The van der Waals surface area contributed by atoms with Gasteiger partial charge in [-0.15, -0.1) is 0 Å². The van der Waals surface area contributed by atoms with Gasteiger partial charge in [0, 0.05) is 41.3 Å². The van der Waals surface area contributed by atoms with Gasteiger partial charge in [-0.1, -0.05) is 0 Å². The Balaban J connectivity index is 2.35. The van der Waals surface area contributed by atoms with Gasteiger partial charge >= 0.3 is 0 Å². The monoisotopic (exact) mass is 239 g/mol. The van der Waals surface area contributed by atoms with Gasteiger partial charge in [-0.2, -0.15) is 0 Å². The van der Waals surface area contributed by atoms with E-state index in [1.165, 1.54) is 22.2 Å². The molecule has 3 heterocycles. The second-order valence-electron chi connectivity index (χ2n) is 4.98. The summed E-state index contributed by atoms with van der Waals surface area (Å²) in [5, 5.41) is 1.20. The van der Waals surface area contributed by atoms with E-state index in [0.29, 0.717) is 6.04 Å². The predicted octanol–water partition coefficient (Wildman–Crippen LogP) is 3.92. The van der Waals surface area contributed by atoms with E-state index < -0.39 is 0 Å². The van der Waals surface area contributed by atoms with Gasteiger partial charge in [0.2, 0.25) is 0 Å². The van der Waals surface area contributed by atoms with Gasteiger partial charge in [-0.3, -0.25) is 4.98 Å². The molecular formula is C15H17N3. The lowest BCUT2D eigenvalue weighted by molar-refractivity contribution is 0.628. The first-order chi connectivity index (χ1) is 8.66. The van der Waals surface area contributed by atoms with Crippen LogP contribution < -0.4 is 0 Å². The third-order valence-corrected chi connectivity index (χ3v) is 3.27. The topological polar surface area (TPSA) is 33.6 Å². The summed E-state index contributed by atoms with van der Waals surface area (Å²) >= 11 is 0. The second kappa shape index (κ2) is 4.02. The molecular weight excluding hydrogens is 222 g/mol. The summed E-state index contributed by atoms with van der Waals surface area (Å²) in [5.74, 6) is 0. The van der Waals surface area contributed by atoms with Crippen LogP contribution in [-0.2, 0) is 0 Å². The molecule has 3 heteroatoms. The quantitative estimate of drug-likeness (QED) is 0.722. The highest BCUT2D eigenvalue weighted by molar-refractivity contribution is 5.86. The van der Waals surface area contributed by atoms with Gasteiger partial charge < -0.3 is 9.55 Å². The normalized spacial score (nSPS) is 11.6. The van der Waals surface area contributed by atoms with Crippen LogP contribution in [0.5, 0.6) is 0 Å². The lowest BCUT2D eigenvalue weighted by Crippen LogP contribution is -2.02. The zero-order valence-electron chi connectivity index (χ0n) is 10.9. The van der Waals surface area contributed by atoms with Crippen molar-refractivity contribution in [3.8, 4) is 11.3 Å². The van der Waals surface area contributed by atoms with Gasteiger partial charge in [0.15, 0.2) is 0 Å². The van der Waals surface area contributed by atoms with Gasteiger partial charge in [-0.25, -0.2) is 0 Å². The maximum Gasteiger partial charge on any atom is 0.0521 e. The van der Waals surface area contributed by atoms with E-state index in [1.54, 1.807) is 0 Å². The van der Waals surface area contributed by atoms with Crippen LogP contribution in [0, 0.1) is 6.92 Å². The predicted molar refractivity (Wildman–Crippen MR) is 74.6 cm³/mol. The van der Waals surface area contributed by atoms with Crippen LogP contribution >= 0.6 is 0 Å². The summed E-state index contributed by atoms with van der Waals surface area (Å²) in [6.07, 6.45) is 5.95. The lowest BCUT2D eigenvalue weighted by Gasteiger charge is -2.14. The van der Waals surface area contributed by atoms with E-state index in [1.807, 2.05) is 25.5 Å². The van der Waals surface area contributed by atoms with Crippen molar-refractivity contribution in [2.45, 2.75) is 26.8 Å². The van der Waals surface area contributed by atoms with E-state index in [2.05, 4.69) is 46.6 Å². The number of fused-ring (bicyclic) bond motifs is 1. The summed E-state index contributed by atoms with van der Waals surface area (Å²) in [6, 6.07) is 6.90. The number of hydrogen-bond donors (Lipinski definition) is 1. The number of nitrogens with zero attached hydrogens (tertiary/aromatic N) is 2. The van der Waals surface area contributed by atoms with Crippen molar-refractivity contribution in [1.82, 2.24) is 14.5 Å². The Bertz CT molecular complexity index is 675. The van der Waals surface area contributed by atoms with E-state index in [9.17, 15) is 0 Å². The molecule has 92 valence electrons. The van der Waals surface area contributed by atoms with Crippen LogP contribution in [0.3, 0.4) is 0 Å². The van der Waals surface area contributed by atoms with Crippen LogP contribution in [0.1, 0.15) is 25.6 Å². The molecule has 0 saturated carbocycles. The van der Waals surface area contributed by atoms with Crippen LogP contribution in [0.4, 0.5) is 0 Å². The van der Waals surface area contributed by atoms with Gasteiger partial charge in [0.1, 0.15) is 0 Å². The second-order valence-corrected chi connectivity index (χ2v) is 4.98. The zero-order chi connectivity index (χ0) is 12.7. The van der Waals surface area contributed by atoms with Gasteiger partial charge in [0.05, 0.1) is 11.2 Å². The Kier molecular flexibility index (Phi) is 2.47. The molecule has 0 aliphatic heterocycles. The Morgan fingerprint density at radius 2 is 2.11 bits per heavy atom. The molecule has 0 bridgehead atoms. The summed E-state index contributed by atoms with van der Waals surface area (Å²) in [7, 11) is 0. The molecule has 0 aliphatic carbocycles. The molecule has 0 aromatic carbocycles. The molecule has 0 radical (unpaired) electrons. The van der Waals surface area contributed by atoms with Crippen molar-refractivity contribution in [3.05, 3.63) is 42.5 Å². The average Bonchev–Trinajstić information content (AvgIpc) is 2.94. The minimum absolute atomic E-state index is 0.425. The van der Waals surface area contributed by atoms with E-state index >= 15 is 0 Å². The van der Waals surface area contributed by atoms with Crippen molar-refractivity contribution in [3.63, 3.8) is 0 Å². The van der Waals surface area contributed by atoms with E-state index in [0.717, 1.165) is 5.69 Å². The number of hydrogen-bond acceptors (Lipinski definition) is 1. The summed E-state index contributed by atoms with van der Waals surface area (Å²) in [4.78, 5) is 7.50. The lowest BCUT2D eigenvalue weighted by atomic mass is 10.2. The number of nitrogens with one attached hydrogen (secondary N) is 1. The molecule has 0 saturated heterocycles. The number of aryl methyl sites for hydroxylation is 1. The first kappa shape index (κ1) is 11.1. The number of rotatable bonds is 2. The van der Waals surface area contributed by atoms with Crippen LogP contribution in [0.25, 0.3) is 22.2 Å². The summed E-state index contributed by atoms with van der Waals surface area (Å²) < 4.78 is 2.37. The van der Waals surface area contributed by atoms with Crippen molar-refractivity contribution in [2.24, 2.45) is 0 Å². The van der Waals surface area contributed by atoms with Crippen LogP contribution in [0.15, 0.2) is 36.8 Å². The Morgan fingerprint density at radius 1 is 1.28 bits per heavy atom. The molecule has 3 rings (SSSR count). The molecule has 1 N–H and O–H groups in total. The molecule has 0 atom stereocenters. The third-order valence-electron chi connectivity index (χ3n) is 3.27. The van der Waals surface area contributed by atoms with Crippen molar-refractivity contribution in [1.29, 1.82) is 0 Å². The smallest absolute Gasteiger partial charge is 0.0521 e. The van der Waals surface area contributed by atoms with Crippen molar-refractivity contribution >= 4 is 10.9 Å². The van der Waals surface area contributed by atoms with Crippen molar-refractivity contribution < 1.29 is 0 Å². The fourth-order valence-corrected chi connectivity index (χ4v) is 2.48. The van der Waals surface area contributed by atoms with Crippen LogP contribution in [-0.4, -0.2) is 14.5 Å². The largest absolute Gasteiger partial charge is 0.367 e. The number of H-pyrrole nitrogens is 1. The number of aromatic nitrogens is 3. The molecule has 0 aliphatic rings. The SMILES string of the molecule is Cc1cc2c(cn1)cc(-c1cc[nH]c1)n2C(C)C. The molecule has 0 amide bonds. The van der Waals surface area contributed by atoms with E-state index in [-0.39, 0.29) is 0 Å². The summed E-state index contributed by atoms with van der Waals surface area (Å²) in [5.41, 5.74) is 4.78. The van der Waals surface area contributed by atoms with E-state index in [4.69, 9.17) is 0 Å². The fraction of sp³-hybridized carbons (Fsp3) is 0.267. The average molecular weight is 239 g/mol. The molecule has 3 aromatic heterocycles. The fourth-order valence-electron chi connectivity index (χ4n) is 2.48. The van der Waals surface area contributed by atoms with Crippen molar-refractivity contribution in [2.75, 3.05) is 0 Å². The maximum atomic E-state index is 4.38. The number of pyridine rings is 1. The van der Waals surface area contributed by atoms with Crippen LogP contribution in [0.2, 0.25) is 0 Å². The molecule has 0 fully saturated rings. The molecule has 0 spiro atoms. The Hall–Kier alpha value is -2.03. The highest BCUT2D eigenvalue weighted by atomic mass is 15.0.